The predicted octanol–water partition coefficient (Wildman–Crippen LogP) is 0.594. The first-order valence-corrected chi connectivity index (χ1v) is 3.91. The summed E-state index contributed by atoms with van der Waals surface area (Å²) in [7, 11) is 0. The predicted molar refractivity (Wildman–Crippen MR) is 42.6 cm³/mol. The molecule has 0 aliphatic heterocycles. The number of thiazole rings is 1. The lowest BCUT2D eigenvalue weighted by molar-refractivity contribution is 0.0697. The van der Waals surface area contributed by atoms with Crippen molar-refractivity contribution in [1.29, 1.82) is 0 Å². The zero-order valence-electron chi connectivity index (χ0n) is 5.57. The summed E-state index contributed by atoms with van der Waals surface area (Å²) >= 11 is 6.09. The summed E-state index contributed by atoms with van der Waals surface area (Å²) in [6, 6.07) is 0. The van der Waals surface area contributed by atoms with Crippen molar-refractivity contribution in [3.63, 3.8) is 0 Å². The number of primary amides is 1. The summed E-state index contributed by atoms with van der Waals surface area (Å²) in [6.45, 7) is 0. The Bertz CT molecular complexity index is 317. The molecule has 3 N–H and O–H groups in total. The Morgan fingerprint density at radius 1 is 1.58 bits per heavy atom. The average Bonchev–Trinajstić information content (AvgIpc) is 2.31. The van der Waals surface area contributed by atoms with E-state index < -0.39 is 11.9 Å². The van der Waals surface area contributed by atoms with Crippen molar-refractivity contribution < 1.29 is 14.7 Å². The van der Waals surface area contributed by atoms with Gasteiger partial charge in [0.05, 0.1) is 0 Å². The van der Waals surface area contributed by atoms with Crippen molar-refractivity contribution in [1.82, 2.24) is 4.98 Å². The van der Waals surface area contributed by atoms with E-state index in [9.17, 15) is 9.59 Å². The van der Waals surface area contributed by atoms with Gasteiger partial charge in [0.25, 0.3) is 5.91 Å². The van der Waals surface area contributed by atoms with Gasteiger partial charge in [0.1, 0.15) is 4.88 Å². The van der Waals surface area contributed by atoms with Crippen LogP contribution in [0.3, 0.4) is 0 Å². The first-order valence-electron chi connectivity index (χ1n) is 2.71. The second kappa shape index (κ2) is 3.08. The van der Waals surface area contributed by atoms with Gasteiger partial charge in [-0.05, 0) is 0 Å². The molecule has 12 heavy (non-hydrogen) atoms. The van der Waals surface area contributed by atoms with E-state index >= 15 is 0 Å². The summed E-state index contributed by atoms with van der Waals surface area (Å²) < 4.78 is -0.0128. The lowest BCUT2D eigenvalue weighted by atomic mass is 10.3. The average molecular weight is 207 g/mol. The number of carbonyl (C=O) groups is 2. The van der Waals surface area contributed by atoms with Gasteiger partial charge in [0.2, 0.25) is 0 Å². The van der Waals surface area contributed by atoms with Gasteiger partial charge in [-0.15, -0.1) is 0 Å². The van der Waals surface area contributed by atoms with E-state index in [0.29, 0.717) is 11.3 Å². The zero-order chi connectivity index (χ0) is 9.30. The number of hydrogen-bond donors (Lipinski definition) is 2. The van der Waals surface area contributed by atoms with Gasteiger partial charge in [-0.3, -0.25) is 4.79 Å². The topological polar surface area (TPSA) is 93.3 Å². The molecule has 1 aromatic heterocycles. The van der Waals surface area contributed by atoms with Gasteiger partial charge in [-0.1, -0.05) is 22.9 Å². The van der Waals surface area contributed by atoms with Crippen LogP contribution in [0, 0.1) is 0 Å². The van der Waals surface area contributed by atoms with Crippen molar-refractivity contribution in [3.8, 4) is 0 Å². The molecule has 0 unspecified atom stereocenters. The lowest BCUT2D eigenvalue weighted by Crippen LogP contribution is -2.15. The number of aromatic nitrogens is 1. The molecule has 0 atom stereocenters. The monoisotopic (exact) mass is 206 g/mol. The summed E-state index contributed by atoms with van der Waals surface area (Å²) in [4.78, 5) is 24.3. The molecule has 1 amide bonds. The fourth-order valence-electron chi connectivity index (χ4n) is 0.606. The molecule has 1 heterocycles. The number of rotatable bonds is 2. The SMILES string of the molecule is NC(=O)c1nc(Cl)sc1C(=O)O. The molecule has 0 bridgehead atoms. The first kappa shape index (κ1) is 8.95. The molecular weight excluding hydrogens is 204 g/mol. The smallest absolute Gasteiger partial charge is 0.348 e. The Morgan fingerprint density at radius 2 is 2.17 bits per heavy atom. The number of amides is 1. The van der Waals surface area contributed by atoms with Crippen molar-refractivity contribution in [2.75, 3.05) is 0 Å². The van der Waals surface area contributed by atoms with Crippen LogP contribution in [-0.4, -0.2) is 22.0 Å². The maximum absolute atomic E-state index is 10.6. The number of carboxylic acid groups (broad SMARTS) is 1. The molecule has 0 radical (unpaired) electrons. The van der Waals surface area contributed by atoms with Crippen LogP contribution in [-0.2, 0) is 0 Å². The van der Waals surface area contributed by atoms with Crippen LogP contribution >= 0.6 is 22.9 Å². The van der Waals surface area contributed by atoms with Crippen LogP contribution in [0.1, 0.15) is 20.2 Å². The second-order valence-electron chi connectivity index (χ2n) is 1.81. The summed E-state index contributed by atoms with van der Waals surface area (Å²) in [6.07, 6.45) is 0. The quantitative estimate of drug-likeness (QED) is 0.741. The molecule has 0 fully saturated rings. The van der Waals surface area contributed by atoms with Crippen LogP contribution in [0.5, 0.6) is 0 Å². The van der Waals surface area contributed by atoms with E-state index in [1.807, 2.05) is 0 Å². The number of halogens is 1. The maximum atomic E-state index is 10.6. The van der Waals surface area contributed by atoms with Crippen molar-refractivity contribution >= 4 is 34.8 Å². The molecule has 0 saturated carbocycles. The Hall–Kier alpha value is -1.14. The molecule has 0 aliphatic rings. The number of carboxylic acids is 1. The van der Waals surface area contributed by atoms with Gasteiger partial charge in [-0.25, -0.2) is 9.78 Å². The summed E-state index contributed by atoms with van der Waals surface area (Å²) in [5.74, 6) is -2.15. The number of aromatic carboxylic acids is 1. The molecule has 0 spiro atoms. The Balaban J connectivity index is 3.26. The summed E-state index contributed by atoms with van der Waals surface area (Å²) in [5.41, 5.74) is 4.55. The normalized spacial score (nSPS) is 9.75. The van der Waals surface area contributed by atoms with E-state index in [2.05, 4.69) is 4.98 Å². The van der Waals surface area contributed by atoms with Gasteiger partial charge in [-0.2, -0.15) is 0 Å². The zero-order valence-corrected chi connectivity index (χ0v) is 7.15. The lowest BCUT2D eigenvalue weighted by Gasteiger charge is -1.88. The van der Waals surface area contributed by atoms with Crippen LogP contribution in [0.25, 0.3) is 0 Å². The molecule has 0 saturated heterocycles. The molecular formula is C5H3ClN2O3S. The first-order chi connectivity index (χ1) is 5.52. The van der Waals surface area contributed by atoms with Crippen molar-refractivity contribution in [3.05, 3.63) is 15.0 Å². The van der Waals surface area contributed by atoms with Crippen LogP contribution in [0.2, 0.25) is 4.47 Å². The number of nitrogens with zero attached hydrogens (tertiary/aromatic N) is 1. The van der Waals surface area contributed by atoms with E-state index in [1.165, 1.54) is 0 Å². The largest absolute Gasteiger partial charge is 0.477 e. The van der Waals surface area contributed by atoms with E-state index in [0.717, 1.165) is 0 Å². The fourth-order valence-corrected chi connectivity index (χ4v) is 1.56. The van der Waals surface area contributed by atoms with Gasteiger partial charge in [0.15, 0.2) is 10.2 Å². The van der Waals surface area contributed by atoms with Gasteiger partial charge < -0.3 is 10.8 Å². The molecule has 1 aromatic rings. The van der Waals surface area contributed by atoms with Crippen molar-refractivity contribution in [2.24, 2.45) is 5.73 Å². The number of nitrogens with two attached hydrogens (primary N) is 1. The van der Waals surface area contributed by atoms with Crippen molar-refractivity contribution in [2.45, 2.75) is 0 Å². The van der Waals surface area contributed by atoms with E-state index in [4.69, 9.17) is 22.4 Å². The minimum Gasteiger partial charge on any atom is -0.477 e. The van der Waals surface area contributed by atoms with Crippen LogP contribution in [0.15, 0.2) is 0 Å². The molecule has 64 valence electrons. The molecule has 5 nitrogen and oxygen atoms in total. The molecule has 1 rings (SSSR count). The van der Waals surface area contributed by atoms with E-state index in [-0.39, 0.29) is 15.0 Å². The third-order valence-electron chi connectivity index (χ3n) is 1.03. The Morgan fingerprint density at radius 3 is 2.50 bits per heavy atom. The minimum atomic E-state index is -1.26. The molecule has 0 aliphatic carbocycles. The third-order valence-corrected chi connectivity index (χ3v) is 2.18. The molecule has 7 heteroatoms. The minimum absolute atomic E-state index is 0.0128. The maximum Gasteiger partial charge on any atom is 0.348 e. The van der Waals surface area contributed by atoms with Gasteiger partial charge >= 0.3 is 5.97 Å². The summed E-state index contributed by atoms with van der Waals surface area (Å²) in [5, 5.41) is 8.53. The van der Waals surface area contributed by atoms with E-state index in [1.54, 1.807) is 0 Å². The number of hydrogen-bond acceptors (Lipinski definition) is 4. The van der Waals surface area contributed by atoms with Crippen LogP contribution in [0.4, 0.5) is 0 Å². The Kier molecular flexibility index (Phi) is 2.30. The second-order valence-corrected chi connectivity index (χ2v) is 3.40. The highest BCUT2D eigenvalue weighted by molar-refractivity contribution is 7.17. The fraction of sp³-hybridized carbons (Fsp3) is 0. The number of carbonyl (C=O) groups excluding carboxylic acids is 1. The molecule has 0 aromatic carbocycles. The Labute approximate surface area is 75.8 Å². The third kappa shape index (κ3) is 1.54. The van der Waals surface area contributed by atoms with Gasteiger partial charge in [0, 0.05) is 0 Å². The standard InChI is InChI=1S/C5H3ClN2O3S/c6-5-8-1(3(7)9)2(12-5)4(10)11/h(H2,7,9)(H,10,11). The highest BCUT2D eigenvalue weighted by atomic mass is 35.5. The highest BCUT2D eigenvalue weighted by Crippen LogP contribution is 2.22. The van der Waals surface area contributed by atoms with Crippen LogP contribution < -0.4 is 5.73 Å². The highest BCUT2D eigenvalue weighted by Gasteiger charge is 2.20.